The molecule has 1 aliphatic heterocycles. The van der Waals surface area contributed by atoms with E-state index in [-0.39, 0.29) is 5.91 Å². The summed E-state index contributed by atoms with van der Waals surface area (Å²) in [5, 5.41) is 21.7. The van der Waals surface area contributed by atoms with Crippen LogP contribution in [0, 0.1) is 5.92 Å². The van der Waals surface area contributed by atoms with Gasteiger partial charge in [-0.15, -0.1) is 10.2 Å². The Labute approximate surface area is 203 Å². The quantitative estimate of drug-likeness (QED) is 0.452. The first-order chi connectivity index (χ1) is 16.5. The molecule has 0 radical (unpaired) electrons. The summed E-state index contributed by atoms with van der Waals surface area (Å²) in [7, 11) is 0. The lowest BCUT2D eigenvalue weighted by molar-refractivity contribution is -0.123. The molecule has 3 N–H and O–H groups in total. The van der Waals surface area contributed by atoms with E-state index in [0.717, 1.165) is 38.2 Å². The number of H-pyrrole nitrogens is 1. The number of aromatic nitrogens is 4. The van der Waals surface area contributed by atoms with Crippen molar-refractivity contribution in [3.05, 3.63) is 47.5 Å². The van der Waals surface area contributed by atoms with Crippen LogP contribution in [0.15, 0.2) is 42.5 Å². The Bertz CT molecular complexity index is 1120. The minimum atomic E-state index is -0.611. The van der Waals surface area contributed by atoms with Gasteiger partial charge in [0.25, 0.3) is 5.91 Å². The van der Waals surface area contributed by atoms with Gasteiger partial charge in [-0.25, -0.2) is 0 Å². The number of hydrogen-bond donors (Lipinski definition) is 3. The van der Waals surface area contributed by atoms with Crippen molar-refractivity contribution in [2.75, 3.05) is 29.9 Å². The second-order valence-electron chi connectivity index (χ2n) is 9.00. The minimum Gasteiger partial charge on any atom is -0.481 e. The summed E-state index contributed by atoms with van der Waals surface area (Å²) >= 11 is 5.99. The summed E-state index contributed by atoms with van der Waals surface area (Å²) in [6.45, 7) is 4.89. The van der Waals surface area contributed by atoms with E-state index in [1.807, 2.05) is 18.2 Å². The molecule has 3 aromatic rings. The molecule has 34 heavy (non-hydrogen) atoms. The fourth-order valence-electron chi connectivity index (χ4n) is 4.22. The van der Waals surface area contributed by atoms with Crippen molar-refractivity contribution in [2.45, 2.75) is 38.3 Å². The molecule has 0 spiro atoms. The largest absolute Gasteiger partial charge is 0.481 e. The first kappa shape index (κ1) is 22.6. The van der Waals surface area contributed by atoms with Crippen molar-refractivity contribution in [3.63, 3.8) is 0 Å². The first-order valence-electron chi connectivity index (χ1n) is 11.6. The Balaban J connectivity index is 1.38. The summed E-state index contributed by atoms with van der Waals surface area (Å²) < 4.78 is 6.08. The molecule has 0 bridgehead atoms. The van der Waals surface area contributed by atoms with Gasteiger partial charge in [0, 0.05) is 41.9 Å². The standard InChI is InChI=1S/C24H28ClN7O2/c1-15-14-32(11-10-26-15)18-6-9-21(20(13-18)23-28-30-31-29-23)27-24(33)22(12-16-2-3-16)34-19-7-4-17(25)5-8-19/h4-9,13,15-16,22,26H,2-3,10-12,14H2,1H3,(H,27,33)(H,28,29,30,31)/t15-,22-/m0/s1. The number of carbonyl (C=O) groups excluding carboxylic acids is 1. The van der Waals surface area contributed by atoms with Crippen molar-refractivity contribution in [1.82, 2.24) is 25.9 Å². The average molecular weight is 482 g/mol. The number of tetrazole rings is 1. The zero-order valence-electron chi connectivity index (χ0n) is 19.0. The molecule has 2 aliphatic rings. The van der Waals surface area contributed by atoms with Crippen molar-refractivity contribution in [1.29, 1.82) is 0 Å². The van der Waals surface area contributed by atoms with Crippen molar-refractivity contribution < 1.29 is 9.53 Å². The Morgan fingerprint density at radius 3 is 2.79 bits per heavy atom. The second-order valence-corrected chi connectivity index (χ2v) is 9.43. The molecular formula is C24H28ClN7O2. The Kier molecular flexibility index (Phi) is 6.64. The lowest BCUT2D eigenvalue weighted by atomic mass is 10.1. The smallest absolute Gasteiger partial charge is 0.265 e. The molecule has 9 nitrogen and oxygen atoms in total. The highest BCUT2D eigenvalue weighted by atomic mass is 35.5. The van der Waals surface area contributed by atoms with Gasteiger partial charge in [0.15, 0.2) is 6.10 Å². The highest BCUT2D eigenvalue weighted by molar-refractivity contribution is 6.30. The van der Waals surface area contributed by atoms with Crippen molar-refractivity contribution >= 4 is 28.9 Å². The number of hydrogen-bond acceptors (Lipinski definition) is 7. The van der Waals surface area contributed by atoms with Gasteiger partial charge < -0.3 is 20.3 Å². The molecular weight excluding hydrogens is 454 g/mol. The second kappa shape index (κ2) is 9.99. The van der Waals surface area contributed by atoms with Crippen molar-refractivity contribution in [2.24, 2.45) is 5.92 Å². The van der Waals surface area contributed by atoms with Crippen LogP contribution in [-0.2, 0) is 4.79 Å². The molecule has 178 valence electrons. The minimum absolute atomic E-state index is 0.199. The number of nitrogens with one attached hydrogen (secondary N) is 3. The number of aromatic amines is 1. The maximum absolute atomic E-state index is 13.4. The van der Waals surface area contributed by atoms with Gasteiger partial charge in [-0.1, -0.05) is 24.4 Å². The van der Waals surface area contributed by atoms with Gasteiger partial charge in [-0.05, 0) is 66.9 Å². The van der Waals surface area contributed by atoms with Crippen LogP contribution < -0.4 is 20.3 Å². The van der Waals surface area contributed by atoms with Crippen molar-refractivity contribution in [3.8, 4) is 17.1 Å². The van der Waals surface area contributed by atoms with Crippen LogP contribution >= 0.6 is 11.6 Å². The summed E-state index contributed by atoms with van der Waals surface area (Å²) in [5.74, 6) is 1.36. The Morgan fingerprint density at radius 1 is 1.26 bits per heavy atom. The van der Waals surface area contributed by atoms with Gasteiger partial charge in [-0.2, -0.15) is 5.21 Å². The summed E-state index contributed by atoms with van der Waals surface area (Å²) in [6.07, 6.45) is 2.31. The van der Waals surface area contributed by atoms with E-state index in [1.54, 1.807) is 24.3 Å². The van der Waals surface area contributed by atoms with Crippen LogP contribution in [0.4, 0.5) is 11.4 Å². The third kappa shape index (κ3) is 5.48. The molecule has 0 unspecified atom stereocenters. The van der Waals surface area contributed by atoms with Gasteiger partial charge in [0.1, 0.15) is 5.75 Å². The molecule has 5 rings (SSSR count). The summed E-state index contributed by atoms with van der Waals surface area (Å²) in [5.41, 5.74) is 2.39. The average Bonchev–Trinajstić information content (AvgIpc) is 3.49. The van der Waals surface area contributed by atoms with E-state index in [2.05, 4.69) is 43.1 Å². The third-order valence-corrected chi connectivity index (χ3v) is 6.46. The number of amides is 1. The molecule has 2 atom stereocenters. The number of carbonyl (C=O) groups is 1. The van der Waals surface area contributed by atoms with Crippen LogP contribution in [0.2, 0.25) is 5.02 Å². The molecule has 1 saturated heterocycles. The van der Waals surface area contributed by atoms with Gasteiger partial charge >= 0.3 is 0 Å². The molecule has 1 aliphatic carbocycles. The van der Waals surface area contributed by atoms with Crippen LogP contribution in [0.5, 0.6) is 5.75 Å². The van der Waals surface area contributed by atoms with E-state index in [1.165, 1.54) is 0 Å². The number of ether oxygens (including phenoxy) is 1. The maximum Gasteiger partial charge on any atom is 0.265 e. The summed E-state index contributed by atoms with van der Waals surface area (Å²) in [6, 6.07) is 13.4. The predicted octanol–water partition coefficient (Wildman–Crippen LogP) is 3.50. The summed E-state index contributed by atoms with van der Waals surface area (Å²) in [4.78, 5) is 15.7. The Morgan fingerprint density at radius 2 is 2.09 bits per heavy atom. The lowest BCUT2D eigenvalue weighted by Gasteiger charge is -2.34. The molecule has 1 aromatic heterocycles. The first-order valence-corrected chi connectivity index (χ1v) is 12.0. The van der Waals surface area contributed by atoms with Gasteiger partial charge in [0.05, 0.1) is 5.69 Å². The van der Waals surface area contributed by atoms with Crippen LogP contribution in [0.3, 0.4) is 0 Å². The van der Waals surface area contributed by atoms with E-state index in [4.69, 9.17) is 16.3 Å². The number of nitrogens with zero attached hydrogens (tertiary/aromatic N) is 4. The lowest BCUT2D eigenvalue weighted by Crippen LogP contribution is -2.49. The molecule has 1 saturated carbocycles. The van der Waals surface area contributed by atoms with E-state index in [0.29, 0.717) is 46.2 Å². The van der Waals surface area contributed by atoms with E-state index in [9.17, 15) is 4.79 Å². The number of rotatable bonds is 8. The highest BCUT2D eigenvalue weighted by Crippen LogP contribution is 2.36. The van der Waals surface area contributed by atoms with E-state index >= 15 is 0 Å². The predicted molar refractivity (Wildman–Crippen MR) is 131 cm³/mol. The molecule has 2 aromatic carbocycles. The number of anilines is 2. The number of piperazine rings is 1. The molecule has 2 heterocycles. The molecule has 1 amide bonds. The fraction of sp³-hybridized carbons (Fsp3) is 0.417. The monoisotopic (exact) mass is 481 g/mol. The third-order valence-electron chi connectivity index (χ3n) is 6.21. The fourth-order valence-corrected chi connectivity index (χ4v) is 4.35. The van der Waals surface area contributed by atoms with Gasteiger partial charge in [0.2, 0.25) is 5.82 Å². The normalized spacial score (nSPS) is 19.0. The Hall–Kier alpha value is -3.17. The SMILES string of the molecule is C[C@H]1CN(c2ccc(NC(=O)[C@H](CC3CC3)Oc3ccc(Cl)cc3)c(-c3nn[nH]n3)c2)CCN1. The zero-order chi connectivity index (χ0) is 23.5. The van der Waals surface area contributed by atoms with Crippen LogP contribution in [0.1, 0.15) is 26.2 Å². The van der Waals surface area contributed by atoms with Crippen LogP contribution in [-0.4, -0.2) is 58.3 Å². The van der Waals surface area contributed by atoms with Crippen LogP contribution in [0.25, 0.3) is 11.4 Å². The zero-order valence-corrected chi connectivity index (χ0v) is 19.8. The topological polar surface area (TPSA) is 108 Å². The van der Waals surface area contributed by atoms with Gasteiger partial charge in [-0.3, -0.25) is 4.79 Å². The highest BCUT2D eigenvalue weighted by Gasteiger charge is 2.31. The maximum atomic E-state index is 13.4. The number of benzene rings is 2. The molecule has 10 heteroatoms. The molecule has 2 fully saturated rings. The van der Waals surface area contributed by atoms with E-state index < -0.39 is 6.10 Å². The number of halogens is 1.